The second-order valence-electron chi connectivity index (χ2n) is 6.13. The molecule has 30 heavy (non-hydrogen) atoms. The number of tetrazole rings is 1. The van der Waals surface area contributed by atoms with E-state index in [1.165, 1.54) is 40.7 Å². The minimum absolute atomic E-state index is 0.158. The Morgan fingerprint density at radius 3 is 2.50 bits per heavy atom. The van der Waals surface area contributed by atoms with Crippen molar-refractivity contribution in [2.75, 3.05) is 0 Å². The highest BCUT2D eigenvalue weighted by Gasteiger charge is 2.31. The van der Waals surface area contributed by atoms with Crippen molar-refractivity contribution in [3.8, 4) is 11.4 Å². The lowest BCUT2D eigenvalue weighted by molar-refractivity contribution is -0.274. The summed E-state index contributed by atoms with van der Waals surface area (Å²) in [6.45, 7) is 2.28. The summed E-state index contributed by atoms with van der Waals surface area (Å²) < 4.78 is 42.1. The van der Waals surface area contributed by atoms with Gasteiger partial charge in [0, 0.05) is 6.54 Å². The van der Waals surface area contributed by atoms with Gasteiger partial charge in [0.25, 0.3) is 0 Å². The molecule has 3 rings (SSSR count). The number of hydrogen-bond acceptors (Lipinski definition) is 6. The molecule has 7 nitrogen and oxygen atoms in total. The number of carbonyl (C=O) groups excluding carboxylic acids is 1. The van der Waals surface area contributed by atoms with Gasteiger partial charge in [0.05, 0.1) is 10.9 Å². The first-order valence-corrected chi connectivity index (χ1v) is 9.86. The first-order chi connectivity index (χ1) is 14.4. The summed E-state index contributed by atoms with van der Waals surface area (Å²) in [4.78, 5) is 12.6. The lowest BCUT2D eigenvalue weighted by Crippen LogP contribution is -2.32. The molecule has 1 heterocycles. The average molecular weight is 437 g/mol. The van der Waals surface area contributed by atoms with Crippen LogP contribution in [0.2, 0.25) is 0 Å². The van der Waals surface area contributed by atoms with E-state index in [0.29, 0.717) is 23.8 Å². The summed E-state index contributed by atoms with van der Waals surface area (Å²) in [7, 11) is 0. The third-order valence-corrected chi connectivity index (χ3v) is 5.27. The highest BCUT2D eigenvalue weighted by atomic mass is 32.2. The fourth-order valence-corrected chi connectivity index (χ4v) is 3.49. The SMILES string of the molecule is CCC(Sc1nnnn1-c1ccc(OC(F)(F)F)cc1)C(=O)NCc1ccccc1. The van der Waals surface area contributed by atoms with Gasteiger partial charge in [0.15, 0.2) is 0 Å². The normalized spacial score (nSPS) is 12.4. The van der Waals surface area contributed by atoms with Crippen LogP contribution in [0, 0.1) is 0 Å². The molecule has 0 aliphatic heterocycles. The number of nitrogens with zero attached hydrogens (tertiary/aromatic N) is 4. The number of carbonyl (C=O) groups is 1. The van der Waals surface area contributed by atoms with E-state index in [9.17, 15) is 18.0 Å². The van der Waals surface area contributed by atoms with Crippen LogP contribution in [0.15, 0.2) is 59.8 Å². The van der Waals surface area contributed by atoms with Crippen molar-refractivity contribution in [3.63, 3.8) is 0 Å². The molecule has 0 spiro atoms. The highest BCUT2D eigenvalue weighted by molar-refractivity contribution is 8.00. The first-order valence-electron chi connectivity index (χ1n) is 8.98. The Hall–Kier alpha value is -3.08. The van der Waals surface area contributed by atoms with Crippen LogP contribution in [0.4, 0.5) is 13.2 Å². The molecule has 0 fully saturated rings. The molecule has 158 valence electrons. The first kappa shape index (κ1) is 21.6. The van der Waals surface area contributed by atoms with Gasteiger partial charge >= 0.3 is 6.36 Å². The van der Waals surface area contributed by atoms with Crippen LogP contribution in [0.25, 0.3) is 5.69 Å². The van der Waals surface area contributed by atoms with Crippen LogP contribution in [-0.2, 0) is 11.3 Å². The standard InChI is InChI=1S/C19H18F3N5O2S/c1-2-16(17(28)23-12-13-6-4-3-5-7-13)30-18-24-25-26-27(18)14-8-10-15(11-9-14)29-19(20,21)22/h3-11,16H,2,12H2,1H3,(H,23,28). The van der Waals surface area contributed by atoms with E-state index in [1.807, 2.05) is 37.3 Å². The zero-order chi connectivity index (χ0) is 21.6. The van der Waals surface area contributed by atoms with Crippen molar-refractivity contribution in [1.29, 1.82) is 0 Å². The number of alkyl halides is 3. The molecule has 1 unspecified atom stereocenters. The fraction of sp³-hybridized carbons (Fsp3) is 0.263. The monoisotopic (exact) mass is 437 g/mol. The van der Waals surface area contributed by atoms with Crippen LogP contribution in [-0.4, -0.2) is 37.7 Å². The molecular weight excluding hydrogens is 419 g/mol. The molecule has 0 aliphatic carbocycles. The lowest BCUT2D eigenvalue weighted by Gasteiger charge is -2.14. The Kier molecular flexibility index (Phi) is 6.93. The maximum Gasteiger partial charge on any atom is 0.573 e. The van der Waals surface area contributed by atoms with Gasteiger partial charge in [-0.25, -0.2) is 0 Å². The zero-order valence-corrected chi connectivity index (χ0v) is 16.7. The van der Waals surface area contributed by atoms with Crippen LogP contribution in [0.3, 0.4) is 0 Å². The second-order valence-corrected chi connectivity index (χ2v) is 7.30. The number of halogens is 3. The molecule has 1 N–H and O–H groups in total. The van der Waals surface area contributed by atoms with Gasteiger partial charge in [-0.15, -0.1) is 18.3 Å². The Bertz CT molecular complexity index is 964. The van der Waals surface area contributed by atoms with Crippen molar-refractivity contribution in [2.45, 2.75) is 36.7 Å². The zero-order valence-electron chi connectivity index (χ0n) is 15.8. The largest absolute Gasteiger partial charge is 0.573 e. The Labute approximate surface area is 174 Å². The summed E-state index contributed by atoms with van der Waals surface area (Å²) in [6, 6.07) is 14.7. The number of benzene rings is 2. The predicted molar refractivity (Wildman–Crippen MR) is 104 cm³/mol. The molecule has 2 aromatic carbocycles. The fourth-order valence-electron chi connectivity index (χ4n) is 2.55. The van der Waals surface area contributed by atoms with E-state index < -0.39 is 11.6 Å². The number of amides is 1. The summed E-state index contributed by atoms with van der Waals surface area (Å²) in [5.74, 6) is -0.505. The number of hydrogen-bond donors (Lipinski definition) is 1. The molecule has 11 heteroatoms. The van der Waals surface area contributed by atoms with Crippen molar-refractivity contribution >= 4 is 17.7 Å². The van der Waals surface area contributed by atoms with Gasteiger partial charge in [0.1, 0.15) is 5.75 Å². The van der Waals surface area contributed by atoms with E-state index in [0.717, 1.165) is 5.56 Å². The molecule has 1 amide bonds. The minimum atomic E-state index is -4.77. The van der Waals surface area contributed by atoms with Gasteiger partial charge in [-0.1, -0.05) is 49.0 Å². The van der Waals surface area contributed by atoms with E-state index in [4.69, 9.17) is 0 Å². The van der Waals surface area contributed by atoms with Gasteiger partial charge in [-0.3, -0.25) is 4.79 Å². The Morgan fingerprint density at radius 1 is 1.17 bits per heavy atom. The minimum Gasteiger partial charge on any atom is -0.406 e. The Balaban J connectivity index is 1.67. The van der Waals surface area contributed by atoms with Crippen molar-refractivity contribution < 1.29 is 22.7 Å². The quantitative estimate of drug-likeness (QED) is 0.541. The van der Waals surface area contributed by atoms with Crippen molar-refractivity contribution in [1.82, 2.24) is 25.5 Å². The van der Waals surface area contributed by atoms with Gasteiger partial charge in [0.2, 0.25) is 11.1 Å². The summed E-state index contributed by atoms with van der Waals surface area (Å²) in [5, 5.41) is 14.2. The topological polar surface area (TPSA) is 81.9 Å². The van der Waals surface area contributed by atoms with E-state index in [1.54, 1.807) is 0 Å². The number of aromatic nitrogens is 4. The molecule has 1 atom stereocenters. The number of rotatable bonds is 8. The van der Waals surface area contributed by atoms with Crippen molar-refractivity contribution in [2.24, 2.45) is 0 Å². The van der Waals surface area contributed by atoms with Crippen LogP contribution in [0.5, 0.6) is 5.75 Å². The third kappa shape index (κ3) is 5.96. The van der Waals surface area contributed by atoms with Crippen LogP contribution >= 0.6 is 11.8 Å². The van der Waals surface area contributed by atoms with E-state index >= 15 is 0 Å². The molecule has 0 saturated heterocycles. The molecule has 1 aromatic heterocycles. The maximum atomic E-state index is 12.6. The van der Waals surface area contributed by atoms with E-state index in [-0.39, 0.29) is 11.7 Å². The maximum absolute atomic E-state index is 12.6. The Morgan fingerprint density at radius 2 is 1.87 bits per heavy atom. The second kappa shape index (κ2) is 9.61. The predicted octanol–water partition coefficient (Wildman–Crippen LogP) is 3.75. The highest BCUT2D eigenvalue weighted by Crippen LogP contribution is 2.27. The molecule has 0 saturated carbocycles. The molecule has 0 bridgehead atoms. The average Bonchev–Trinajstić information content (AvgIpc) is 3.18. The molecule has 0 aliphatic rings. The van der Waals surface area contributed by atoms with Crippen LogP contribution in [0.1, 0.15) is 18.9 Å². The van der Waals surface area contributed by atoms with Gasteiger partial charge < -0.3 is 10.1 Å². The van der Waals surface area contributed by atoms with Crippen LogP contribution < -0.4 is 10.1 Å². The summed E-state index contributed by atoms with van der Waals surface area (Å²) in [5.41, 5.74) is 1.42. The number of ether oxygens (including phenoxy) is 1. The molecular formula is C19H18F3N5O2S. The summed E-state index contributed by atoms with van der Waals surface area (Å²) >= 11 is 1.18. The third-order valence-electron chi connectivity index (χ3n) is 3.98. The summed E-state index contributed by atoms with van der Waals surface area (Å²) in [6.07, 6.45) is -4.23. The van der Waals surface area contributed by atoms with Gasteiger partial charge in [-0.2, -0.15) is 4.68 Å². The number of thioether (sulfide) groups is 1. The van der Waals surface area contributed by atoms with Crippen molar-refractivity contribution in [3.05, 3.63) is 60.2 Å². The van der Waals surface area contributed by atoms with Gasteiger partial charge in [-0.05, 0) is 46.7 Å². The van der Waals surface area contributed by atoms with E-state index in [2.05, 4.69) is 25.6 Å². The number of nitrogens with one attached hydrogen (secondary N) is 1. The molecule has 0 radical (unpaired) electrons. The molecule has 3 aromatic rings. The lowest BCUT2D eigenvalue weighted by atomic mass is 10.2. The smallest absolute Gasteiger partial charge is 0.406 e.